The summed E-state index contributed by atoms with van der Waals surface area (Å²) in [6, 6.07) is 4.67. The van der Waals surface area contributed by atoms with Crippen molar-refractivity contribution < 1.29 is 14.7 Å². The predicted octanol–water partition coefficient (Wildman–Crippen LogP) is 0.438. The summed E-state index contributed by atoms with van der Waals surface area (Å²) in [7, 11) is 0. The quantitative estimate of drug-likeness (QED) is 0.773. The van der Waals surface area contributed by atoms with Gasteiger partial charge < -0.3 is 5.11 Å². The van der Waals surface area contributed by atoms with Gasteiger partial charge in [0.25, 0.3) is 5.91 Å². The third-order valence-corrected chi connectivity index (χ3v) is 3.08. The van der Waals surface area contributed by atoms with Crippen molar-refractivity contribution in [3.05, 3.63) is 58.6 Å². The van der Waals surface area contributed by atoms with Gasteiger partial charge in [0, 0.05) is 5.22 Å². The molecule has 1 aromatic carbocycles. The van der Waals surface area contributed by atoms with E-state index < -0.39 is 5.97 Å². The van der Waals surface area contributed by atoms with Crippen LogP contribution in [0.15, 0.2) is 47.5 Å². The lowest BCUT2D eigenvalue weighted by Gasteiger charge is -2.17. The van der Waals surface area contributed by atoms with Crippen LogP contribution in [0.5, 0.6) is 0 Å². The van der Waals surface area contributed by atoms with Crippen LogP contribution in [0.2, 0.25) is 0 Å². The molecule has 88 valence electrons. The van der Waals surface area contributed by atoms with Crippen LogP contribution in [0.3, 0.4) is 0 Å². The van der Waals surface area contributed by atoms with E-state index >= 15 is 0 Å². The van der Waals surface area contributed by atoms with Gasteiger partial charge in [-0.2, -0.15) is 0 Å². The van der Waals surface area contributed by atoms with Gasteiger partial charge in [-0.15, -0.1) is 0 Å². The molecule has 0 radical (unpaired) electrons. The maximum absolute atomic E-state index is 11.9. The first-order valence-electron chi connectivity index (χ1n) is 5.52. The molecule has 0 spiro atoms. The Hall–Kier alpha value is -2.49. The Labute approximate surface area is 102 Å². The molecule has 4 heteroatoms. The molecule has 1 atom stereocenters. The number of fused-ring (bicyclic) bond motifs is 2. The molecule has 0 bridgehead atoms. The zero-order valence-corrected chi connectivity index (χ0v) is 9.33. The fourth-order valence-corrected chi connectivity index (χ4v) is 2.20. The molecule has 0 saturated carbocycles. The van der Waals surface area contributed by atoms with Gasteiger partial charge in [-0.3, -0.25) is 4.79 Å². The van der Waals surface area contributed by atoms with Crippen LogP contribution in [0.4, 0.5) is 0 Å². The van der Waals surface area contributed by atoms with Crippen LogP contribution in [-0.4, -0.2) is 17.0 Å². The summed E-state index contributed by atoms with van der Waals surface area (Å²) >= 11 is 0. The summed E-state index contributed by atoms with van der Waals surface area (Å²) in [5.41, 5.74) is 1.02. The summed E-state index contributed by atoms with van der Waals surface area (Å²) in [5, 5.41) is 10.2. The summed E-state index contributed by atoms with van der Waals surface area (Å²) < 4.78 is 0. The van der Waals surface area contributed by atoms with Gasteiger partial charge >= 0.3 is 5.97 Å². The second kappa shape index (κ2) is 3.77. The van der Waals surface area contributed by atoms with E-state index in [-0.39, 0.29) is 17.4 Å². The molecule has 1 heterocycles. The third-order valence-electron chi connectivity index (χ3n) is 3.08. The lowest BCUT2D eigenvalue weighted by Crippen LogP contribution is -2.37. The molecule has 1 aliphatic heterocycles. The Morgan fingerprint density at radius 2 is 2.11 bits per heavy atom. The third kappa shape index (κ3) is 1.50. The highest BCUT2D eigenvalue weighted by Crippen LogP contribution is 2.21. The number of nitrogens with zero attached hydrogens (tertiary/aromatic N) is 1. The highest BCUT2D eigenvalue weighted by Gasteiger charge is 2.23. The van der Waals surface area contributed by atoms with Crippen LogP contribution in [-0.2, 0) is 4.79 Å². The Morgan fingerprint density at radius 1 is 1.28 bits per heavy atom. The lowest BCUT2D eigenvalue weighted by molar-refractivity contribution is -0.119. The number of carboxylic acids is 1. The molecule has 1 amide bonds. The second-order valence-electron chi connectivity index (χ2n) is 4.16. The summed E-state index contributed by atoms with van der Waals surface area (Å²) in [5.74, 6) is -1.61. The highest BCUT2D eigenvalue weighted by atomic mass is 16.4. The molecule has 18 heavy (non-hydrogen) atoms. The Morgan fingerprint density at radius 3 is 2.89 bits per heavy atom. The number of benzene rings is 1. The number of amides is 1. The zero-order chi connectivity index (χ0) is 12.7. The number of rotatable bonds is 1. The van der Waals surface area contributed by atoms with E-state index in [0.29, 0.717) is 5.36 Å². The minimum absolute atomic E-state index is 0.139. The Bertz CT molecular complexity index is 741. The summed E-state index contributed by atoms with van der Waals surface area (Å²) in [6.45, 7) is 0. The lowest BCUT2D eigenvalue weighted by atomic mass is 9.90. The van der Waals surface area contributed by atoms with E-state index in [1.165, 1.54) is 12.1 Å². The van der Waals surface area contributed by atoms with E-state index in [2.05, 4.69) is 4.99 Å². The second-order valence-corrected chi connectivity index (χ2v) is 4.16. The summed E-state index contributed by atoms with van der Waals surface area (Å²) in [4.78, 5) is 26.7. The predicted molar refractivity (Wildman–Crippen MR) is 64.4 cm³/mol. The Kier molecular flexibility index (Phi) is 2.23. The van der Waals surface area contributed by atoms with Gasteiger partial charge in [0.2, 0.25) is 0 Å². The number of allylic oxidation sites excluding steroid dienone is 3. The van der Waals surface area contributed by atoms with Gasteiger partial charge in [0.05, 0.1) is 16.8 Å². The standard InChI is InChI=1S/C14H9NO3/c16-13-11-4-2-1-3-9(11)10-6-5-8(14(17)18)7-12(10)15-13/h1-7,11H,(H,17,18). The van der Waals surface area contributed by atoms with Crippen LogP contribution < -0.4 is 10.6 Å². The van der Waals surface area contributed by atoms with E-state index in [1.807, 2.05) is 18.2 Å². The zero-order valence-electron chi connectivity index (χ0n) is 9.33. The average molecular weight is 239 g/mol. The number of hydrogen-bond donors (Lipinski definition) is 1. The monoisotopic (exact) mass is 239 g/mol. The minimum atomic E-state index is -1.02. The van der Waals surface area contributed by atoms with E-state index in [0.717, 1.165) is 10.8 Å². The van der Waals surface area contributed by atoms with Crippen molar-refractivity contribution in [2.45, 2.75) is 0 Å². The first kappa shape index (κ1) is 10.7. The van der Waals surface area contributed by atoms with Crippen LogP contribution in [0, 0.1) is 5.92 Å². The van der Waals surface area contributed by atoms with Crippen molar-refractivity contribution in [1.82, 2.24) is 0 Å². The van der Waals surface area contributed by atoms with Crippen molar-refractivity contribution >= 4 is 17.4 Å². The number of carbonyl (C=O) groups excluding carboxylic acids is 1. The number of hydrogen-bond acceptors (Lipinski definition) is 2. The molecule has 0 fully saturated rings. The first-order chi connectivity index (χ1) is 8.66. The fourth-order valence-electron chi connectivity index (χ4n) is 2.20. The van der Waals surface area contributed by atoms with E-state index in [4.69, 9.17) is 5.11 Å². The van der Waals surface area contributed by atoms with Gasteiger partial charge in [0.15, 0.2) is 0 Å². The molecule has 4 nitrogen and oxygen atoms in total. The van der Waals surface area contributed by atoms with Crippen molar-refractivity contribution in [3.63, 3.8) is 0 Å². The van der Waals surface area contributed by atoms with Gasteiger partial charge in [-0.25, -0.2) is 9.79 Å². The number of carbonyl (C=O) groups is 2. The average Bonchev–Trinajstić information content (AvgIpc) is 2.38. The molecule has 0 aromatic heterocycles. The van der Waals surface area contributed by atoms with E-state index in [9.17, 15) is 9.59 Å². The van der Waals surface area contributed by atoms with Gasteiger partial charge in [0.1, 0.15) is 0 Å². The first-order valence-corrected chi connectivity index (χ1v) is 5.52. The minimum Gasteiger partial charge on any atom is -0.478 e. The highest BCUT2D eigenvalue weighted by molar-refractivity contribution is 5.95. The molecule has 1 aromatic rings. The number of aromatic carboxylic acids is 1. The SMILES string of the molecule is O=C(O)c1ccc2c(c1)=NC(=O)C1C=CC=CC=21. The Balaban J connectivity index is 2.35. The van der Waals surface area contributed by atoms with Crippen molar-refractivity contribution in [1.29, 1.82) is 0 Å². The smallest absolute Gasteiger partial charge is 0.335 e. The fraction of sp³-hybridized carbons (Fsp3) is 0.0714. The molecule has 2 aliphatic rings. The van der Waals surface area contributed by atoms with Crippen LogP contribution in [0.25, 0.3) is 5.57 Å². The molecule has 1 unspecified atom stereocenters. The molecule has 3 rings (SSSR count). The van der Waals surface area contributed by atoms with Crippen LogP contribution >= 0.6 is 0 Å². The maximum atomic E-state index is 11.9. The molecule has 1 aliphatic carbocycles. The van der Waals surface area contributed by atoms with E-state index in [1.54, 1.807) is 12.1 Å². The molecular formula is C14H9NO3. The van der Waals surface area contributed by atoms with Crippen molar-refractivity contribution in [2.24, 2.45) is 10.9 Å². The molecule has 1 N–H and O–H groups in total. The molecular weight excluding hydrogens is 230 g/mol. The summed E-state index contributed by atoms with van der Waals surface area (Å²) in [6.07, 6.45) is 7.35. The largest absolute Gasteiger partial charge is 0.478 e. The van der Waals surface area contributed by atoms with Crippen LogP contribution in [0.1, 0.15) is 10.4 Å². The maximum Gasteiger partial charge on any atom is 0.335 e. The number of carboxylic acid groups (broad SMARTS) is 1. The normalized spacial score (nSPS) is 20.1. The molecule has 0 saturated heterocycles. The van der Waals surface area contributed by atoms with Crippen molar-refractivity contribution in [3.8, 4) is 0 Å². The van der Waals surface area contributed by atoms with Gasteiger partial charge in [-0.05, 0) is 17.7 Å². The topological polar surface area (TPSA) is 66.7 Å². The van der Waals surface area contributed by atoms with Crippen molar-refractivity contribution in [2.75, 3.05) is 0 Å². The van der Waals surface area contributed by atoms with Gasteiger partial charge in [-0.1, -0.05) is 30.4 Å².